The number of rotatable bonds is 2. The minimum Gasteiger partial charge on any atom is -0.373 e. The zero-order valence-electron chi connectivity index (χ0n) is 11.1. The van der Waals surface area contributed by atoms with Crippen molar-refractivity contribution in [2.45, 2.75) is 69.7 Å². The van der Waals surface area contributed by atoms with Crippen LogP contribution < -0.4 is 11.1 Å². The monoisotopic (exact) mass is 252 g/mol. The highest BCUT2D eigenvalue weighted by molar-refractivity contribution is 5.79. The van der Waals surface area contributed by atoms with Crippen LogP contribution in [0.15, 0.2) is 0 Å². The Labute approximate surface area is 109 Å². The van der Waals surface area contributed by atoms with E-state index in [0.29, 0.717) is 12.0 Å². The third-order valence-corrected chi connectivity index (χ3v) is 4.98. The molecular weight excluding hydrogens is 228 g/mol. The third-order valence-electron chi connectivity index (χ3n) is 4.98. The van der Waals surface area contributed by atoms with Crippen molar-refractivity contribution in [1.29, 1.82) is 0 Å². The van der Waals surface area contributed by atoms with Crippen LogP contribution in [0.1, 0.15) is 45.4 Å². The van der Waals surface area contributed by atoms with Crippen LogP contribution >= 0.6 is 0 Å². The summed E-state index contributed by atoms with van der Waals surface area (Å²) < 4.78 is 5.78. The number of amides is 1. The second-order valence-corrected chi connectivity index (χ2v) is 6.38. The van der Waals surface area contributed by atoms with Gasteiger partial charge >= 0.3 is 0 Å². The van der Waals surface area contributed by atoms with Crippen LogP contribution in [0, 0.1) is 11.8 Å². The van der Waals surface area contributed by atoms with E-state index in [2.05, 4.69) is 12.2 Å². The van der Waals surface area contributed by atoms with Gasteiger partial charge in [0, 0.05) is 12.0 Å². The van der Waals surface area contributed by atoms with Crippen molar-refractivity contribution in [2.24, 2.45) is 17.6 Å². The third kappa shape index (κ3) is 2.28. The molecule has 2 bridgehead atoms. The Balaban J connectivity index is 1.55. The Morgan fingerprint density at radius 2 is 2.06 bits per heavy atom. The molecular formula is C14H24N2O2. The fourth-order valence-electron chi connectivity index (χ4n) is 3.91. The minimum atomic E-state index is 0.156. The van der Waals surface area contributed by atoms with E-state index in [0.717, 1.165) is 32.1 Å². The average molecular weight is 252 g/mol. The van der Waals surface area contributed by atoms with Crippen molar-refractivity contribution in [3.05, 3.63) is 0 Å². The number of hydrogen-bond donors (Lipinski definition) is 2. The number of nitrogens with two attached hydrogens (primary N) is 1. The maximum absolute atomic E-state index is 12.3. The quantitative estimate of drug-likeness (QED) is 0.776. The number of carbonyl (C=O) groups excluding carboxylic acids is 1. The highest BCUT2D eigenvalue weighted by Crippen LogP contribution is 2.35. The van der Waals surface area contributed by atoms with Gasteiger partial charge in [-0.1, -0.05) is 6.92 Å². The van der Waals surface area contributed by atoms with Gasteiger partial charge in [0.25, 0.3) is 0 Å². The van der Waals surface area contributed by atoms with Crippen LogP contribution in [0.2, 0.25) is 0 Å². The zero-order chi connectivity index (χ0) is 12.7. The van der Waals surface area contributed by atoms with Gasteiger partial charge < -0.3 is 15.8 Å². The SMILES string of the molecule is CC1CC(N)CCC1C(=O)NC1CC2CCC1O2. The normalized spacial score (nSPS) is 47.2. The maximum Gasteiger partial charge on any atom is 0.223 e. The van der Waals surface area contributed by atoms with Crippen LogP contribution in [0.5, 0.6) is 0 Å². The first-order valence-electron chi connectivity index (χ1n) is 7.35. The summed E-state index contributed by atoms with van der Waals surface area (Å²) in [7, 11) is 0. The molecule has 6 unspecified atom stereocenters. The number of hydrogen-bond acceptors (Lipinski definition) is 3. The lowest BCUT2D eigenvalue weighted by molar-refractivity contribution is -0.128. The predicted molar refractivity (Wildman–Crippen MR) is 68.9 cm³/mol. The van der Waals surface area contributed by atoms with Crippen molar-refractivity contribution < 1.29 is 9.53 Å². The van der Waals surface area contributed by atoms with Crippen LogP contribution in [0.25, 0.3) is 0 Å². The molecule has 3 fully saturated rings. The summed E-state index contributed by atoms with van der Waals surface area (Å²) in [5.74, 6) is 0.799. The lowest BCUT2D eigenvalue weighted by Crippen LogP contribution is -2.47. The molecule has 0 spiro atoms. The van der Waals surface area contributed by atoms with E-state index >= 15 is 0 Å². The van der Waals surface area contributed by atoms with Crippen molar-refractivity contribution in [1.82, 2.24) is 5.32 Å². The van der Waals surface area contributed by atoms with Gasteiger partial charge in [0.05, 0.1) is 18.2 Å². The molecule has 4 heteroatoms. The Kier molecular flexibility index (Phi) is 3.32. The van der Waals surface area contributed by atoms with Gasteiger partial charge in [-0.25, -0.2) is 0 Å². The molecule has 0 radical (unpaired) electrons. The molecule has 3 aliphatic rings. The minimum absolute atomic E-state index is 0.156. The van der Waals surface area contributed by atoms with E-state index in [-0.39, 0.29) is 30.0 Å². The van der Waals surface area contributed by atoms with Gasteiger partial charge in [-0.2, -0.15) is 0 Å². The fraction of sp³-hybridized carbons (Fsp3) is 0.929. The van der Waals surface area contributed by atoms with Crippen molar-refractivity contribution >= 4 is 5.91 Å². The Morgan fingerprint density at radius 3 is 2.67 bits per heavy atom. The number of fused-ring (bicyclic) bond motifs is 2. The molecule has 2 saturated heterocycles. The number of carbonyl (C=O) groups is 1. The van der Waals surface area contributed by atoms with Gasteiger partial charge in [-0.15, -0.1) is 0 Å². The van der Waals surface area contributed by atoms with E-state index in [1.54, 1.807) is 0 Å². The van der Waals surface area contributed by atoms with E-state index in [9.17, 15) is 4.79 Å². The Morgan fingerprint density at radius 1 is 1.22 bits per heavy atom. The van der Waals surface area contributed by atoms with Gasteiger partial charge in [0.2, 0.25) is 5.91 Å². The molecule has 2 heterocycles. The number of ether oxygens (including phenoxy) is 1. The molecule has 6 atom stereocenters. The lowest BCUT2D eigenvalue weighted by atomic mass is 9.77. The lowest BCUT2D eigenvalue weighted by Gasteiger charge is -2.33. The van der Waals surface area contributed by atoms with Crippen LogP contribution in [0.3, 0.4) is 0 Å². The first kappa shape index (κ1) is 12.4. The highest BCUT2D eigenvalue weighted by Gasteiger charge is 2.42. The molecule has 0 aromatic carbocycles. The summed E-state index contributed by atoms with van der Waals surface area (Å²) in [6.07, 6.45) is 6.87. The summed E-state index contributed by atoms with van der Waals surface area (Å²) >= 11 is 0. The van der Waals surface area contributed by atoms with E-state index < -0.39 is 0 Å². The number of nitrogens with one attached hydrogen (secondary N) is 1. The molecule has 102 valence electrons. The molecule has 1 amide bonds. The summed E-state index contributed by atoms with van der Waals surface area (Å²) in [6.45, 7) is 2.15. The van der Waals surface area contributed by atoms with Crippen LogP contribution in [0.4, 0.5) is 0 Å². The molecule has 3 N–H and O–H groups in total. The van der Waals surface area contributed by atoms with Crippen molar-refractivity contribution in [2.75, 3.05) is 0 Å². The standard InChI is InChI=1S/C14H24N2O2/c1-8-6-9(15)2-4-11(8)14(17)16-12-7-10-3-5-13(12)18-10/h8-13H,2-7,15H2,1H3,(H,16,17). The van der Waals surface area contributed by atoms with E-state index in [4.69, 9.17) is 10.5 Å². The second kappa shape index (κ2) is 4.82. The van der Waals surface area contributed by atoms with Gasteiger partial charge in [-0.05, 0) is 44.4 Å². The van der Waals surface area contributed by atoms with Gasteiger partial charge in [0.1, 0.15) is 0 Å². The van der Waals surface area contributed by atoms with Gasteiger partial charge in [0.15, 0.2) is 0 Å². The molecule has 4 nitrogen and oxygen atoms in total. The van der Waals surface area contributed by atoms with Gasteiger partial charge in [-0.3, -0.25) is 4.79 Å². The average Bonchev–Trinajstić information content (AvgIpc) is 2.90. The predicted octanol–water partition coefficient (Wildman–Crippen LogP) is 1.19. The molecule has 0 aromatic rings. The van der Waals surface area contributed by atoms with Crippen molar-refractivity contribution in [3.63, 3.8) is 0 Å². The molecule has 18 heavy (non-hydrogen) atoms. The van der Waals surface area contributed by atoms with E-state index in [1.807, 2.05) is 0 Å². The summed E-state index contributed by atoms with van der Waals surface area (Å²) in [5, 5.41) is 3.22. The Bertz CT molecular complexity index is 334. The largest absolute Gasteiger partial charge is 0.373 e. The zero-order valence-corrected chi connectivity index (χ0v) is 11.1. The fourth-order valence-corrected chi connectivity index (χ4v) is 3.91. The topological polar surface area (TPSA) is 64.4 Å². The van der Waals surface area contributed by atoms with Crippen molar-refractivity contribution in [3.8, 4) is 0 Å². The van der Waals surface area contributed by atoms with E-state index in [1.165, 1.54) is 6.42 Å². The molecule has 0 aromatic heterocycles. The maximum atomic E-state index is 12.3. The summed E-state index contributed by atoms with van der Waals surface area (Å²) in [4.78, 5) is 12.3. The Hall–Kier alpha value is -0.610. The van der Waals surface area contributed by atoms with Crippen LogP contribution in [-0.4, -0.2) is 30.2 Å². The molecule has 3 rings (SSSR count). The van der Waals surface area contributed by atoms with Crippen LogP contribution in [-0.2, 0) is 9.53 Å². The highest BCUT2D eigenvalue weighted by atomic mass is 16.5. The smallest absolute Gasteiger partial charge is 0.223 e. The first-order valence-corrected chi connectivity index (χ1v) is 7.35. The molecule has 1 saturated carbocycles. The molecule has 1 aliphatic carbocycles. The summed E-state index contributed by atoms with van der Waals surface area (Å²) in [6, 6.07) is 0.550. The molecule has 2 aliphatic heterocycles. The second-order valence-electron chi connectivity index (χ2n) is 6.38. The first-order chi connectivity index (χ1) is 8.63. The summed E-state index contributed by atoms with van der Waals surface area (Å²) in [5.41, 5.74) is 5.95.